The van der Waals surface area contributed by atoms with Gasteiger partial charge in [0.25, 0.3) is 0 Å². The summed E-state index contributed by atoms with van der Waals surface area (Å²) in [6.45, 7) is 3.13. The van der Waals surface area contributed by atoms with E-state index in [0.29, 0.717) is 0 Å². The van der Waals surface area contributed by atoms with Crippen molar-refractivity contribution in [2.24, 2.45) is 5.92 Å². The minimum absolute atomic E-state index is 0.869. The SMILES string of the molecule is Cc1cn(CCCC2CC2)c(=S)[nH]1. The summed E-state index contributed by atoms with van der Waals surface area (Å²) in [5.74, 6) is 1.04. The summed E-state index contributed by atoms with van der Waals surface area (Å²) < 4.78 is 3.01. The number of imidazole rings is 1. The molecule has 0 bridgehead atoms. The predicted molar refractivity (Wildman–Crippen MR) is 56.3 cm³/mol. The average Bonchev–Trinajstić information content (AvgIpc) is 2.81. The largest absolute Gasteiger partial charge is 0.335 e. The molecule has 1 fully saturated rings. The van der Waals surface area contributed by atoms with Crippen LogP contribution in [0.15, 0.2) is 6.20 Å². The van der Waals surface area contributed by atoms with Gasteiger partial charge in [-0.25, -0.2) is 0 Å². The zero-order valence-electron chi connectivity index (χ0n) is 8.05. The van der Waals surface area contributed by atoms with Gasteiger partial charge in [0.2, 0.25) is 0 Å². The number of aromatic nitrogens is 2. The molecule has 1 aromatic rings. The molecule has 0 aromatic carbocycles. The van der Waals surface area contributed by atoms with Crippen LogP contribution < -0.4 is 0 Å². The zero-order valence-corrected chi connectivity index (χ0v) is 8.86. The zero-order chi connectivity index (χ0) is 9.26. The summed E-state index contributed by atoms with van der Waals surface area (Å²) in [7, 11) is 0. The van der Waals surface area contributed by atoms with Crippen LogP contribution in [0.2, 0.25) is 0 Å². The summed E-state index contributed by atoms with van der Waals surface area (Å²) in [4.78, 5) is 3.14. The van der Waals surface area contributed by atoms with Crippen molar-refractivity contribution in [3.63, 3.8) is 0 Å². The quantitative estimate of drug-likeness (QED) is 0.734. The lowest BCUT2D eigenvalue weighted by Gasteiger charge is -2.00. The van der Waals surface area contributed by atoms with E-state index in [9.17, 15) is 0 Å². The second kappa shape index (κ2) is 3.66. The molecule has 1 aliphatic carbocycles. The Hall–Kier alpha value is -0.570. The van der Waals surface area contributed by atoms with Gasteiger partial charge in [0.05, 0.1) is 0 Å². The van der Waals surface area contributed by atoms with Crippen LogP contribution in [0.25, 0.3) is 0 Å². The number of nitrogens with zero attached hydrogens (tertiary/aromatic N) is 1. The molecule has 0 amide bonds. The normalized spacial score (nSPS) is 16.4. The van der Waals surface area contributed by atoms with Crippen LogP contribution in [0.1, 0.15) is 31.4 Å². The van der Waals surface area contributed by atoms with Gasteiger partial charge < -0.3 is 9.55 Å². The molecule has 0 atom stereocenters. The molecule has 13 heavy (non-hydrogen) atoms. The third kappa shape index (κ3) is 2.44. The molecule has 3 heteroatoms. The van der Waals surface area contributed by atoms with Crippen LogP contribution in [0.3, 0.4) is 0 Å². The molecule has 1 heterocycles. The summed E-state index contributed by atoms with van der Waals surface area (Å²) in [6.07, 6.45) is 7.67. The van der Waals surface area contributed by atoms with Gasteiger partial charge in [-0.1, -0.05) is 12.8 Å². The molecular formula is C10H16N2S. The minimum Gasteiger partial charge on any atom is -0.335 e. The number of rotatable bonds is 4. The van der Waals surface area contributed by atoms with Gasteiger partial charge in [0, 0.05) is 18.4 Å². The van der Waals surface area contributed by atoms with E-state index in [2.05, 4.69) is 15.7 Å². The number of hydrogen-bond donors (Lipinski definition) is 1. The molecule has 1 saturated carbocycles. The van der Waals surface area contributed by atoms with E-state index >= 15 is 0 Å². The van der Waals surface area contributed by atoms with Crippen molar-refractivity contribution in [1.82, 2.24) is 9.55 Å². The van der Waals surface area contributed by atoms with Gasteiger partial charge in [-0.3, -0.25) is 0 Å². The van der Waals surface area contributed by atoms with Crippen molar-refractivity contribution in [2.75, 3.05) is 0 Å². The summed E-state index contributed by atoms with van der Waals surface area (Å²) in [5, 5.41) is 0. The predicted octanol–water partition coefficient (Wildman–Crippen LogP) is 3.04. The van der Waals surface area contributed by atoms with Gasteiger partial charge >= 0.3 is 0 Å². The molecule has 0 aliphatic heterocycles. The lowest BCUT2D eigenvalue weighted by molar-refractivity contribution is 0.573. The fraction of sp³-hybridized carbons (Fsp3) is 0.700. The second-order valence-electron chi connectivity index (χ2n) is 4.02. The highest BCUT2D eigenvalue weighted by atomic mass is 32.1. The van der Waals surface area contributed by atoms with Crippen molar-refractivity contribution in [1.29, 1.82) is 0 Å². The van der Waals surface area contributed by atoms with Crippen molar-refractivity contribution in [2.45, 2.75) is 39.2 Å². The smallest absolute Gasteiger partial charge is 0.177 e. The van der Waals surface area contributed by atoms with E-state index < -0.39 is 0 Å². The molecule has 0 saturated heterocycles. The fourth-order valence-corrected chi connectivity index (χ4v) is 1.99. The van der Waals surface area contributed by atoms with Crippen molar-refractivity contribution in [3.8, 4) is 0 Å². The average molecular weight is 196 g/mol. The molecule has 72 valence electrons. The van der Waals surface area contributed by atoms with Gasteiger partial charge in [-0.05, 0) is 37.9 Å². The Morgan fingerprint density at radius 2 is 2.38 bits per heavy atom. The second-order valence-corrected chi connectivity index (χ2v) is 4.41. The Labute approximate surface area is 84.0 Å². The third-order valence-electron chi connectivity index (χ3n) is 2.62. The monoisotopic (exact) mass is 196 g/mol. The van der Waals surface area contributed by atoms with E-state index in [1.807, 2.05) is 6.92 Å². The maximum Gasteiger partial charge on any atom is 0.177 e. The lowest BCUT2D eigenvalue weighted by atomic mass is 10.2. The van der Waals surface area contributed by atoms with Crippen LogP contribution in [0.4, 0.5) is 0 Å². The van der Waals surface area contributed by atoms with Crippen LogP contribution >= 0.6 is 12.2 Å². The maximum absolute atomic E-state index is 5.17. The number of nitrogens with one attached hydrogen (secondary N) is 1. The number of H-pyrrole nitrogens is 1. The number of hydrogen-bond acceptors (Lipinski definition) is 1. The first-order valence-corrected chi connectivity index (χ1v) is 5.42. The first-order valence-electron chi connectivity index (χ1n) is 5.02. The highest BCUT2D eigenvalue weighted by Crippen LogP contribution is 2.33. The maximum atomic E-state index is 5.17. The standard InChI is InChI=1S/C10H16N2S/c1-8-7-12(10(13)11-8)6-2-3-9-4-5-9/h7,9H,2-6H2,1H3,(H,11,13). The molecule has 0 spiro atoms. The van der Waals surface area contributed by atoms with Crippen molar-refractivity contribution >= 4 is 12.2 Å². The van der Waals surface area contributed by atoms with Gasteiger partial charge in [-0.2, -0.15) is 0 Å². The molecule has 2 nitrogen and oxygen atoms in total. The summed E-state index contributed by atoms with van der Waals surface area (Å²) in [5.41, 5.74) is 1.16. The van der Waals surface area contributed by atoms with Crippen molar-refractivity contribution < 1.29 is 0 Å². The Bertz CT molecular complexity index is 333. The van der Waals surface area contributed by atoms with Crippen LogP contribution in [-0.4, -0.2) is 9.55 Å². The molecule has 2 rings (SSSR count). The van der Waals surface area contributed by atoms with Crippen molar-refractivity contribution in [3.05, 3.63) is 16.7 Å². The molecule has 0 radical (unpaired) electrons. The molecule has 1 aliphatic rings. The number of aromatic amines is 1. The topological polar surface area (TPSA) is 20.7 Å². The van der Waals surface area contributed by atoms with Gasteiger partial charge in [-0.15, -0.1) is 0 Å². The van der Waals surface area contributed by atoms with Gasteiger partial charge in [0.15, 0.2) is 4.77 Å². The van der Waals surface area contributed by atoms with E-state index in [-0.39, 0.29) is 0 Å². The third-order valence-corrected chi connectivity index (χ3v) is 2.96. The first-order chi connectivity index (χ1) is 6.25. The van der Waals surface area contributed by atoms with E-state index in [1.54, 1.807) is 0 Å². The minimum atomic E-state index is 0.869. The van der Waals surface area contributed by atoms with Crippen LogP contribution in [0, 0.1) is 17.6 Å². The molecular weight excluding hydrogens is 180 g/mol. The summed E-state index contributed by atoms with van der Waals surface area (Å²) >= 11 is 5.17. The molecule has 0 unspecified atom stereocenters. The fourth-order valence-electron chi connectivity index (χ4n) is 1.69. The number of aryl methyl sites for hydroxylation is 2. The van der Waals surface area contributed by atoms with Crippen LogP contribution in [0.5, 0.6) is 0 Å². The Morgan fingerprint density at radius 1 is 1.62 bits per heavy atom. The lowest BCUT2D eigenvalue weighted by Crippen LogP contribution is -1.96. The summed E-state index contributed by atoms with van der Waals surface area (Å²) in [6, 6.07) is 0. The highest BCUT2D eigenvalue weighted by Gasteiger charge is 2.20. The van der Waals surface area contributed by atoms with Crippen LogP contribution in [-0.2, 0) is 6.54 Å². The molecule has 1 N–H and O–H groups in total. The first kappa shape index (κ1) is 9.00. The Kier molecular flexibility index (Phi) is 2.54. The Balaban J connectivity index is 1.85. The van der Waals surface area contributed by atoms with E-state index in [0.717, 1.165) is 22.9 Å². The van der Waals surface area contributed by atoms with E-state index in [1.165, 1.54) is 25.7 Å². The van der Waals surface area contributed by atoms with Gasteiger partial charge in [0.1, 0.15) is 0 Å². The van der Waals surface area contributed by atoms with E-state index in [4.69, 9.17) is 12.2 Å². The Morgan fingerprint density at radius 3 is 2.92 bits per heavy atom. The highest BCUT2D eigenvalue weighted by molar-refractivity contribution is 7.71. The molecule has 1 aromatic heterocycles.